The number of hydrogen-bond donors (Lipinski definition) is 1. The van der Waals surface area contributed by atoms with Gasteiger partial charge in [0, 0.05) is 32.4 Å². The number of likely N-dealkylation sites (tertiary alicyclic amines) is 1. The fourth-order valence-electron chi connectivity index (χ4n) is 3.28. The molecule has 1 unspecified atom stereocenters. The standard InChI is InChI=1S/C20H28N6O2/c1-15-6-4-5-11-25(15)12-16-7-9-17(10-8-16)21-20(28)18-13-26(23-22-18)14-19(27)24(2)3/h7-10,13,15H,4-6,11-12,14H2,1-3H3,(H,21,28). The lowest BCUT2D eigenvalue weighted by molar-refractivity contribution is -0.129. The van der Waals surface area contributed by atoms with Crippen molar-refractivity contribution in [2.24, 2.45) is 0 Å². The summed E-state index contributed by atoms with van der Waals surface area (Å²) in [6, 6.07) is 8.52. The smallest absolute Gasteiger partial charge is 0.277 e. The van der Waals surface area contributed by atoms with Crippen LogP contribution in [0, 0.1) is 0 Å². The summed E-state index contributed by atoms with van der Waals surface area (Å²) in [5, 5.41) is 10.5. The molecule has 1 aromatic carbocycles. The van der Waals surface area contributed by atoms with Gasteiger partial charge in [0.15, 0.2) is 5.69 Å². The maximum absolute atomic E-state index is 12.4. The average Bonchev–Trinajstić information content (AvgIpc) is 3.14. The summed E-state index contributed by atoms with van der Waals surface area (Å²) < 4.78 is 1.36. The largest absolute Gasteiger partial charge is 0.347 e. The van der Waals surface area contributed by atoms with Crippen LogP contribution in [0.5, 0.6) is 0 Å². The molecule has 2 aromatic rings. The molecule has 8 nitrogen and oxygen atoms in total. The molecule has 0 aliphatic carbocycles. The van der Waals surface area contributed by atoms with Crippen molar-refractivity contribution in [3.05, 3.63) is 41.7 Å². The number of nitrogens with zero attached hydrogens (tertiary/aromatic N) is 5. The normalized spacial score (nSPS) is 17.3. The molecule has 1 aliphatic rings. The van der Waals surface area contributed by atoms with Crippen LogP contribution >= 0.6 is 0 Å². The predicted molar refractivity (Wildman–Crippen MR) is 107 cm³/mol. The summed E-state index contributed by atoms with van der Waals surface area (Å²) >= 11 is 0. The van der Waals surface area contributed by atoms with Crippen molar-refractivity contribution >= 4 is 17.5 Å². The topological polar surface area (TPSA) is 83.4 Å². The van der Waals surface area contributed by atoms with E-state index in [-0.39, 0.29) is 24.1 Å². The number of likely N-dealkylation sites (N-methyl/N-ethyl adjacent to an activating group) is 1. The molecule has 8 heteroatoms. The van der Waals surface area contributed by atoms with Crippen LogP contribution in [-0.4, -0.2) is 63.3 Å². The number of carbonyl (C=O) groups is 2. The summed E-state index contributed by atoms with van der Waals surface area (Å²) in [4.78, 5) is 28.0. The number of piperidine rings is 1. The number of aromatic nitrogens is 3. The third-order valence-corrected chi connectivity index (χ3v) is 5.11. The van der Waals surface area contributed by atoms with Crippen LogP contribution in [0.2, 0.25) is 0 Å². The Balaban J connectivity index is 1.55. The van der Waals surface area contributed by atoms with Gasteiger partial charge in [-0.2, -0.15) is 0 Å². The Labute approximate surface area is 165 Å². The predicted octanol–water partition coefficient (Wildman–Crippen LogP) is 1.99. The van der Waals surface area contributed by atoms with E-state index in [2.05, 4.69) is 27.5 Å². The van der Waals surface area contributed by atoms with Crippen molar-refractivity contribution in [3.63, 3.8) is 0 Å². The number of anilines is 1. The number of hydrogen-bond acceptors (Lipinski definition) is 5. The van der Waals surface area contributed by atoms with Crippen molar-refractivity contribution in [1.29, 1.82) is 0 Å². The van der Waals surface area contributed by atoms with E-state index in [0.717, 1.165) is 13.1 Å². The van der Waals surface area contributed by atoms with E-state index in [9.17, 15) is 9.59 Å². The first-order valence-electron chi connectivity index (χ1n) is 9.67. The molecular weight excluding hydrogens is 356 g/mol. The van der Waals surface area contributed by atoms with Crippen LogP contribution in [0.15, 0.2) is 30.5 Å². The lowest BCUT2D eigenvalue weighted by Gasteiger charge is -2.33. The van der Waals surface area contributed by atoms with Gasteiger partial charge in [-0.25, -0.2) is 4.68 Å². The molecule has 28 heavy (non-hydrogen) atoms. The first kappa shape index (κ1) is 20.0. The van der Waals surface area contributed by atoms with Crippen LogP contribution in [0.3, 0.4) is 0 Å². The number of benzene rings is 1. The summed E-state index contributed by atoms with van der Waals surface area (Å²) in [7, 11) is 3.34. The first-order valence-corrected chi connectivity index (χ1v) is 9.67. The molecular formula is C20H28N6O2. The maximum Gasteiger partial charge on any atom is 0.277 e. The molecule has 1 N–H and O–H groups in total. The molecule has 1 aliphatic heterocycles. The quantitative estimate of drug-likeness (QED) is 0.824. The minimum absolute atomic E-state index is 0.0525. The average molecular weight is 384 g/mol. The fraction of sp³-hybridized carbons (Fsp3) is 0.500. The van der Waals surface area contributed by atoms with Gasteiger partial charge in [0.25, 0.3) is 5.91 Å². The highest BCUT2D eigenvalue weighted by Gasteiger charge is 2.18. The molecule has 0 radical (unpaired) electrons. The molecule has 1 atom stereocenters. The summed E-state index contributed by atoms with van der Waals surface area (Å²) in [6.07, 6.45) is 5.31. The Hall–Kier alpha value is -2.74. The Bertz CT molecular complexity index is 814. The highest BCUT2D eigenvalue weighted by Crippen LogP contribution is 2.20. The third kappa shape index (κ3) is 5.16. The van der Waals surface area contributed by atoms with Gasteiger partial charge in [0.2, 0.25) is 5.91 Å². The Morgan fingerprint density at radius 3 is 2.64 bits per heavy atom. The number of nitrogens with one attached hydrogen (secondary N) is 1. The molecule has 150 valence electrons. The maximum atomic E-state index is 12.4. The van der Waals surface area contributed by atoms with Crippen LogP contribution < -0.4 is 5.32 Å². The molecule has 2 amide bonds. The fourth-order valence-corrected chi connectivity index (χ4v) is 3.28. The lowest BCUT2D eigenvalue weighted by Crippen LogP contribution is -2.36. The third-order valence-electron chi connectivity index (χ3n) is 5.11. The van der Waals surface area contributed by atoms with Crippen molar-refractivity contribution in [3.8, 4) is 0 Å². The van der Waals surface area contributed by atoms with E-state index in [1.54, 1.807) is 14.1 Å². The van der Waals surface area contributed by atoms with Gasteiger partial charge >= 0.3 is 0 Å². The number of amides is 2. The van der Waals surface area contributed by atoms with Crippen molar-refractivity contribution in [2.45, 2.75) is 45.3 Å². The Kier molecular flexibility index (Phi) is 6.41. The van der Waals surface area contributed by atoms with Crippen molar-refractivity contribution < 1.29 is 9.59 Å². The molecule has 1 saturated heterocycles. The van der Waals surface area contributed by atoms with E-state index in [1.807, 2.05) is 24.3 Å². The summed E-state index contributed by atoms with van der Waals surface area (Å²) in [5.74, 6) is -0.462. The SMILES string of the molecule is CC1CCCCN1Cc1ccc(NC(=O)c2cn(CC(=O)N(C)C)nn2)cc1. The van der Waals surface area contributed by atoms with Crippen molar-refractivity contribution in [2.75, 3.05) is 26.0 Å². The second-order valence-corrected chi connectivity index (χ2v) is 7.56. The zero-order valence-corrected chi connectivity index (χ0v) is 16.8. The van der Waals surface area contributed by atoms with Crippen LogP contribution in [0.25, 0.3) is 0 Å². The van der Waals surface area contributed by atoms with E-state index in [1.165, 1.54) is 40.6 Å². The minimum Gasteiger partial charge on any atom is -0.347 e. The monoisotopic (exact) mass is 384 g/mol. The molecule has 0 spiro atoms. The number of rotatable bonds is 6. The second-order valence-electron chi connectivity index (χ2n) is 7.56. The van der Waals surface area contributed by atoms with E-state index < -0.39 is 0 Å². The molecule has 0 saturated carbocycles. The van der Waals surface area contributed by atoms with Crippen LogP contribution in [0.1, 0.15) is 42.2 Å². The van der Waals surface area contributed by atoms with E-state index in [4.69, 9.17) is 0 Å². The second kappa shape index (κ2) is 8.97. The van der Waals surface area contributed by atoms with Gasteiger partial charge in [0.05, 0.1) is 6.20 Å². The van der Waals surface area contributed by atoms with E-state index in [0.29, 0.717) is 11.7 Å². The first-order chi connectivity index (χ1) is 13.4. The van der Waals surface area contributed by atoms with Gasteiger partial charge in [0.1, 0.15) is 6.54 Å². The van der Waals surface area contributed by atoms with Gasteiger partial charge in [-0.05, 0) is 44.0 Å². The molecule has 3 rings (SSSR count). The highest BCUT2D eigenvalue weighted by molar-refractivity contribution is 6.02. The van der Waals surface area contributed by atoms with Crippen molar-refractivity contribution in [1.82, 2.24) is 24.8 Å². The summed E-state index contributed by atoms with van der Waals surface area (Å²) in [5.41, 5.74) is 2.12. The van der Waals surface area contributed by atoms with Crippen LogP contribution in [0.4, 0.5) is 5.69 Å². The van der Waals surface area contributed by atoms with E-state index >= 15 is 0 Å². The minimum atomic E-state index is -0.346. The van der Waals surface area contributed by atoms with Gasteiger partial charge in [-0.3, -0.25) is 14.5 Å². The van der Waals surface area contributed by atoms with Gasteiger partial charge in [-0.1, -0.05) is 23.8 Å². The molecule has 1 aromatic heterocycles. The van der Waals surface area contributed by atoms with Gasteiger partial charge in [-0.15, -0.1) is 5.10 Å². The molecule has 2 heterocycles. The molecule has 0 bridgehead atoms. The zero-order valence-electron chi connectivity index (χ0n) is 16.8. The Morgan fingerprint density at radius 2 is 1.96 bits per heavy atom. The zero-order chi connectivity index (χ0) is 20.1. The Morgan fingerprint density at radius 1 is 1.21 bits per heavy atom. The van der Waals surface area contributed by atoms with Crippen LogP contribution in [-0.2, 0) is 17.9 Å². The lowest BCUT2D eigenvalue weighted by atomic mass is 10.0. The van der Waals surface area contributed by atoms with Gasteiger partial charge < -0.3 is 10.2 Å². The molecule has 1 fully saturated rings. The highest BCUT2D eigenvalue weighted by atomic mass is 16.2. The summed E-state index contributed by atoms with van der Waals surface area (Å²) in [6.45, 7) is 4.42. The number of carbonyl (C=O) groups excluding carboxylic acids is 2.